The summed E-state index contributed by atoms with van der Waals surface area (Å²) < 4.78 is 10.0. The van der Waals surface area contributed by atoms with Crippen LogP contribution in [0.2, 0.25) is 0 Å². The van der Waals surface area contributed by atoms with Gasteiger partial charge >= 0.3 is 5.97 Å². The van der Waals surface area contributed by atoms with Crippen LogP contribution in [0.5, 0.6) is 5.75 Å². The molecule has 2 amide bonds. The summed E-state index contributed by atoms with van der Waals surface area (Å²) in [4.78, 5) is 38.7. The summed E-state index contributed by atoms with van der Waals surface area (Å²) >= 11 is 0. The number of hydrogen-bond donors (Lipinski definition) is 0. The molecule has 0 N–H and O–H groups in total. The highest BCUT2D eigenvalue weighted by atomic mass is 16.5. The van der Waals surface area contributed by atoms with Crippen molar-refractivity contribution in [2.24, 2.45) is 0 Å². The second-order valence-electron chi connectivity index (χ2n) is 5.94. The molecule has 7 heteroatoms. The number of amides is 2. The van der Waals surface area contributed by atoms with Crippen molar-refractivity contribution < 1.29 is 23.9 Å². The van der Waals surface area contributed by atoms with Gasteiger partial charge in [0.15, 0.2) is 6.61 Å². The first-order chi connectivity index (χ1) is 12.0. The molecule has 1 aromatic carbocycles. The molecule has 0 unspecified atom stereocenters. The molecule has 0 bridgehead atoms. The van der Waals surface area contributed by atoms with E-state index >= 15 is 0 Å². The summed E-state index contributed by atoms with van der Waals surface area (Å²) in [5.74, 6) is 0.0848. The molecule has 1 aromatic rings. The van der Waals surface area contributed by atoms with Crippen molar-refractivity contribution in [3.8, 4) is 5.75 Å². The third kappa shape index (κ3) is 5.77. The van der Waals surface area contributed by atoms with Gasteiger partial charge in [-0.15, -0.1) is 0 Å². The average molecular weight is 348 g/mol. The Hall–Kier alpha value is -2.57. The second-order valence-corrected chi connectivity index (χ2v) is 5.94. The minimum Gasteiger partial charge on any atom is -0.484 e. The van der Waals surface area contributed by atoms with Crippen molar-refractivity contribution in [3.63, 3.8) is 0 Å². The molecule has 136 valence electrons. The number of rotatable bonds is 6. The van der Waals surface area contributed by atoms with Gasteiger partial charge in [-0.1, -0.05) is 17.7 Å². The molecule has 2 rings (SSSR count). The van der Waals surface area contributed by atoms with E-state index in [1.54, 1.807) is 9.80 Å². The molecule has 1 heterocycles. The van der Waals surface area contributed by atoms with Gasteiger partial charge in [0.1, 0.15) is 5.75 Å². The molecular weight excluding hydrogens is 324 g/mol. The second kappa shape index (κ2) is 9.05. The average Bonchev–Trinajstić information content (AvgIpc) is 2.65. The fourth-order valence-electron chi connectivity index (χ4n) is 2.55. The van der Waals surface area contributed by atoms with E-state index in [4.69, 9.17) is 4.74 Å². The van der Waals surface area contributed by atoms with Crippen molar-refractivity contribution in [1.82, 2.24) is 9.80 Å². The summed E-state index contributed by atoms with van der Waals surface area (Å²) in [5.41, 5.74) is 1.13. The number of nitrogens with zero attached hydrogens (tertiary/aromatic N) is 2. The highest BCUT2D eigenvalue weighted by Gasteiger charge is 2.24. The van der Waals surface area contributed by atoms with Crippen LogP contribution < -0.4 is 4.74 Å². The molecule has 25 heavy (non-hydrogen) atoms. The third-order valence-corrected chi connectivity index (χ3v) is 4.14. The predicted octanol–water partition coefficient (Wildman–Crippen LogP) is 0.998. The molecule has 1 saturated heterocycles. The fraction of sp³-hybridized carbons (Fsp3) is 0.500. The zero-order chi connectivity index (χ0) is 18.2. The summed E-state index contributed by atoms with van der Waals surface area (Å²) in [7, 11) is 1.30. The number of piperazine rings is 1. The first-order valence-electron chi connectivity index (χ1n) is 8.31. The highest BCUT2D eigenvalue weighted by Crippen LogP contribution is 2.12. The van der Waals surface area contributed by atoms with Gasteiger partial charge in [-0.3, -0.25) is 14.4 Å². The summed E-state index contributed by atoms with van der Waals surface area (Å²) in [6.07, 6.45) is 0.218. The van der Waals surface area contributed by atoms with Gasteiger partial charge in [-0.2, -0.15) is 0 Å². The van der Waals surface area contributed by atoms with Gasteiger partial charge in [0.2, 0.25) is 5.91 Å². The maximum atomic E-state index is 12.2. The van der Waals surface area contributed by atoms with Crippen LogP contribution in [0.4, 0.5) is 0 Å². The SMILES string of the molecule is COC(=O)CCC(=O)N1CCN(C(=O)COc2ccc(C)cc2)CC1. The maximum Gasteiger partial charge on any atom is 0.306 e. The number of hydrogen-bond acceptors (Lipinski definition) is 5. The van der Waals surface area contributed by atoms with Crippen molar-refractivity contribution in [2.75, 3.05) is 39.9 Å². The molecule has 0 aliphatic carbocycles. The number of carbonyl (C=O) groups is 3. The summed E-state index contributed by atoms with van der Waals surface area (Å²) in [5, 5.41) is 0. The van der Waals surface area contributed by atoms with Gasteiger partial charge < -0.3 is 19.3 Å². The fourth-order valence-corrected chi connectivity index (χ4v) is 2.55. The standard InChI is InChI=1S/C18H24N2O5/c1-14-3-5-15(6-4-14)25-13-17(22)20-11-9-19(10-12-20)16(21)7-8-18(23)24-2/h3-6H,7-13H2,1-2H3. The topological polar surface area (TPSA) is 76.2 Å². The number of carbonyl (C=O) groups excluding carboxylic acids is 3. The number of aryl methyl sites for hydroxylation is 1. The molecule has 0 atom stereocenters. The van der Waals surface area contributed by atoms with Gasteiger partial charge in [0, 0.05) is 32.6 Å². The van der Waals surface area contributed by atoms with Crippen molar-refractivity contribution in [1.29, 1.82) is 0 Å². The molecule has 1 aliphatic heterocycles. The van der Waals surface area contributed by atoms with Crippen LogP contribution in [-0.4, -0.2) is 67.5 Å². The molecule has 0 spiro atoms. The maximum absolute atomic E-state index is 12.2. The lowest BCUT2D eigenvalue weighted by Gasteiger charge is -2.34. The Morgan fingerprint density at radius 2 is 1.48 bits per heavy atom. The Morgan fingerprint density at radius 3 is 2.04 bits per heavy atom. The molecule has 0 saturated carbocycles. The zero-order valence-corrected chi connectivity index (χ0v) is 14.7. The van der Waals surface area contributed by atoms with Gasteiger partial charge in [0.25, 0.3) is 5.91 Å². The highest BCUT2D eigenvalue weighted by molar-refractivity contribution is 5.82. The van der Waals surface area contributed by atoms with Gasteiger partial charge in [-0.25, -0.2) is 0 Å². The van der Waals surface area contributed by atoms with Crippen LogP contribution in [0.3, 0.4) is 0 Å². The smallest absolute Gasteiger partial charge is 0.306 e. The van der Waals surface area contributed by atoms with Crippen molar-refractivity contribution in [2.45, 2.75) is 19.8 Å². The Morgan fingerprint density at radius 1 is 0.920 bits per heavy atom. The Kier molecular flexibility index (Phi) is 6.80. The van der Waals surface area contributed by atoms with Crippen LogP contribution in [0.15, 0.2) is 24.3 Å². The quantitative estimate of drug-likeness (QED) is 0.717. The van der Waals surface area contributed by atoms with E-state index < -0.39 is 5.97 Å². The van der Waals surface area contributed by atoms with E-state index in [-0.39, 0.29) is 31.3 Å². The summed E-state index contributed by atoms with van der Waals surface area (Å²) in [6.45, 7) is 3.85. The van der Waals surface area contributed by atoms with Crippen LogP contribution in [0.25, 0.3) is 0 Å². The predicted molar refractivity (Wildman–Crippen MR) is 91.1 cm³/mol. The molecule has 0 radical (unpaired) electrons. The van der Waals surface area contributed by atoms with E-state index in [2.05, 4.69) is 4.74 Å². The van der Waals surface area contributed by atoms with Crippen LogP contribution in [0, 0.1) is 6.92 Å². The zero-order valence-electron chi connectivity index (χ0n) is 14.7. The van der Waals surface area contributed by atoms with Crippen LogP contribution in [-0.2, 0) is 19.1 Å². The Labute approximate surface area is 147 Å². The third-order valence-electron chi connectivity index (χ3n) is 4.14. The van der Waals surface area contributed by atoms with Crippen LogP contribution in [0.1, 0.15) is 18.4 Å². The first-order valence-corrected chi connectivity index (χ1v) is 8.31. The lowest BCUT2D eigenvalue weighted by molar-refractivity contribution is -0.145. The molecule has 1 fully saturated rings. The van der Waals surface area contributed by atoms with E-state index in [1.165, 1.54) is 7.11 Å². The van der Waals surface area contributed by atoms with Gasteiger partial charge in [-0.05, 0) is 19.1 Å². The first kappa shape index (κ1) is 18.8. The van der Waals surface area contributed by atoms with E-state index in [0.29, 0.717) is 31.9 Å². The normalized spacial score (nSPS) is 14.2. The number of ether oxygens (including phenoxy) is 2. The molecule has 1 aliphatic rings. The lowest BCUT2D eigenvalue weighted by atomic mass is 10.2. The minimum absolute atomic E-state index is 0.0145. The van der Waals surface area contributed by atoms with E-state index in [1.807, 2.05) is 31.2 Å². The minimum atomic E-state index is -0.393. The monoisotopic (exact) mass is 348 g/mol. The van der Waals surface area contributed by atoms with Crippen molar-refractivity contribution >= 4 is 17.8 Å². The molecule has 7 nitrogen and oxygen atoms in total. The largest absolute Gasteiger partial charge is 0.484 e. The number of methoxy groups -OCH3 is 1. The lowest BCUT2D eigenvalue weighted by Crippen LogP contribution is -2.51. The number of benzene rings is 1. The van der Waals surface area contributed by atoms with Crippen molar-refractivity contribution in [3.05, 3.63) is 29.8 Å². The van der Waals surface area contributed by atoms with E-state index in [0.717, 1.165) is 5.56 Å². The van der Waals surface area contributed by atoms with Gasteiger partial charge in [0.05, 0.1) is 13.5 Å². The molecule has 0 aromatic heterocycles. The number of esters is 1. The summed E-state index contributed by atoms with van der Waals surface area (Å²) in [6, 6.07) is 7.53. The Bertz CT molecular complexity index is 606. The molecular formula is C18H24N2O5. The Balaban J connectivity index is 1.71. The van der Waals surface area contributed by atoms with E-state index in [9.17, 15) is 14.4 Å². The van der Waals surface area contributed by atoms with Crippen LogP contribution >= 0.6 is 0 Å².